The molecule has 0 aromatic heterocycles. The van der Waals surface area contributed by atoms with Gasteiger partial charge in [-0.25, -0.2) is 0 Å². The third kappa shape index (κ3) is 5.74. The molecule has 0 bridgehead atoms. The minimum atomic E-state index is 0.0189. The Balaban J connectivity index is 2.54. The summed E-state index contributed by atoms with van der Waals surface area (Å²) in [7, 11) is 0. The summed E-state index contributed by atoms with van der Waals surface area (Å²) in [5.41, 5.74) is 2.10. The summed E-state index contributed by atoms with van der Waals surface area (Å²) < 4.78 is 0. The molecule has 0 unspecified atom stereocenters. The second-order valence-electron chi connectivity index (χ2n) is 6.70. The molecule has 3 heteroatoms. The standard InChI is InChI=1S/C17H28N2O/c1-13(2)10-11-18-12-16(20)19-15-9-7-6-8-14(15)17(3,4)5/h6-9,13,18H,10-12H2,1-5H3,(H,19,20). The van der Waals surface area contributed by atoms with Crippen molar-refractivity contribution in [1.29, 1.82) is 0 Å². The first kappa shape index (κ1) is 16.7. The molecular formula is C17H28N2O. The van der Waals surface area contributed by atoms with Gasteiger partial charge in [0, 0.05) is 5.69 Å². The quantitative estimate of drug-likeness (QED) is 0.780. The van der Waals surface area contributed by atoms with E-state index in [-0.39, 0.29) is 11.3 Å². The van der Waals surface area contributed by atoms with Crippen LogP contribution in [0.15, 0.2) is 24.3 Å². The Hall–Kier alpha value is -1.35. The highest BCUT2D eigenvalue weighted by atomic mass is 16.1. The number of rotatable bonds is 6. The van der Waals surface area contributed by atoms with Gasteiger partial charge in [0.15, 0.2) is 0 Å². The molecule has 0 fully saturated rings. The Morgan fingerprint density at radius 1 is 1.20 bits per heavy atom. The maximum Gasteiger partial charge on any atom is 0.238 e. The third-order valence-corrected chi connectivity index (χ3v) is 3.19. The van der Waals surface area contributed by atoms with Crippen molar-refractivity contribution in [2.24, 2.45) is 5.92 Å². The first-order valence-corrected chi connectivity index (χ1v) is 7.41. The molecule has 1 amide bonds. The van der Waals surface area contributed by atoms with E-state index in [0.717, 1.165) is 24.2 Å². The zero-order chi connectivity index (χ0) is 15.2. The minimum absolute atomic E-state index is 0.0189. The van der Waals surface area contributed by atoms with Crippen LogP contribution in [-0.2, 0) is 10.2 Å². The van der Waals surface area contributed by atoms with Gasteiger partial charge in [0.25, 0.3) is 0 Å². The van der Waals surface area contributed by atoms with Crippen LogP contribution in [0.1, 0.15) is 46.6 Å². The van der Waals surface area contributed by atoms with E-state index >= 15 is 0 Å². The van der Waals surface area contributed by atoms with Crippen LogP contribution < -0.4 is 10.6 Å². The summed E-state index contributed by atoms with van der Waals surface area (Å²) in [6.45, 7) is 12.1. The Bertz CT molecular complexity index is 433. The summed E-state index contributed by atoms with van der Waals surface area (Å²) >= 11 is 0. The molecule has 0 heterocycles. The lowest BCUT2D eigenvalue weighted by atomic mass is 9.86. The van der Waals surface area contributed by atoms with Crippen LogP contribution in [0, 0.1) is 5.92 Å². The van der Waals surface area contributed by atoms with Gasteiger partial charge in [-0.15, -0.1) is 0 Å². The van der Waals surface area contributed by atoms with E-state index < -0.39 is 0 Å². The Labute approximate surface area is 123 Å². The first-order chi connectivity index (χ1) is 9.30. The molecule has 0 radical (unpaired) electrons. The number of nitrogens with one attached hydrogen (secondary N) is 2. The van der Waals surface area contributed by atoms with Crippen molar-refractivity contribution in [3.8, 4) is 0 Å². The van der Waals surface area contributed by atoms with Crippen LogP contribution in [0.5, 0.6) is 0 Å². The van der Waals surface area contributed by atoms with Crippen molar-refractivity contribution < 1.29 is 4.79 Å². The SMILES string of the molecule is CC(C)CCNCC(=O)Nc1ccccc1C(C)(C)C. The van der Waals surface area contributed by atoms with E-state index in [2.05, 4.69) is 51.3 Å². The monoisotopic (exact) mass is 276 g/mol. The lowest BCUT2D eigenvalue weighted by molar-refractivity contribution is -0.115. The predicted octanol–water partition coefficient (Wildman–Crippen LogP) is 3.56. The molecule has 0 spiro atoms. The summed E-state index contributed by atoms with van der Waals surface area (Å²) in [4.78, 5) is 12.0. The van der Waals surface area contributed by atoms with Crippen molar-refractivity contribution in [3.05, 3.63) is 29.8 Å². The van der Waals surface area contributed by atoms with E-state index in [1.54, 1.807) is 0 Å². The number of carbonyl (C=O) groups excluding carboxylic acids is 1. The molecule has 0 saturated heterocycles. The number of carbonyl (C=O) groups is 1. The molecule has 20 heavy (non-hydrogen) atoms. The highest BCUT2D eigenvalue weighted by molar-refractivity contribution is 5.93. The first-order valence-electron chi connectivity index (χ1n) is 7.41. The van der Waals surface area contributed by atoms with Crippen molar-refractivity contribution in [3.63, 3.8) is 0 Å². The highest BCUT2D eigenvalue weighted by Crippen LogP contribution is 2.29. The lowest BCUT2D eigenvalue weighted by Crippen LogP contribution is -2.30. The number of anilines is 1. The van der Waals surface area contributed by atoms with Crippen LogP contribution in [0.25, 0.3) is 0 Å². The summed E-state index contributed by atoms with van der Waals surface area (Å²) in [5.74, 6) is 0.678. The van der Waals surface area contributed by atoms with Gasteiger partial charge in [0.1, 0.15) is 0 Å². The molecule has 0 aliphatic heterocycles. The van der Waals surface area contributed by atoms with Crippen molar-refractivity contribution in [1.82, 2.24) is 5.32 Å². The minimum Gasteiger partial charge on any atom is -0.325 e. The molecule has 112 valence electrons. The number of hydrogen-bond donors (Lipinski definition) is 2. The zero-order valence-electron chi connectivity index (χ0n) is 13.4. The fourth-order valence-electron chi connectivity index (χ4n) is 2.03. The van der Waals surface area contributed by atoms with Gasteiger partial charge in [-0.05, 0) is 35.9 Å². The van der Waals surface area contributed by atoms with Gasteiger partial charge in [0.05, 0.1) is 6.54 Å². The molecule has 0 atom stereocenters. The summed E-state index contributed by atoms with van der Waals surface area (Å²) in [6.07, 6.45) is 1.09. The molecule has 1 rings (SSSR count). The average molecular weight is 276 g/mol. The molecule has 0 saturated carbocycles. The van der Waals surface area contributed by atoms with Crippen LogP contribution in [0.4, 0.5) is 5.69 Å². The van der Waals surface area contributed by atoms with Crippen molar-refractivity contribution in [2.75, 3.05) is 18.4 Å². The van der Waals surface area contributed by atoms with E-state index in [0.29, 0.717) is 12.5 Å². The number of benzene rings is 1. The normalized spacial score (nSPS) is 11.7. The fourth-order valence-corrected chi connectivity index (χ4v) is 2.03. The Morgan fingerprint density at radius 2 is 1.85 bits per heavy atom. The number of hydrogen-bond acceptors (Lipinski definition) is 2. The van der Waals surface area contributed by atoms with Crippen molar-refractivity contribution >= 4 is 11.6 Å². The zero-order valence-corrected chi connectivity index (χ0v) is 13.4. The van der Waals surface area contributed by atoms with Gasteiger partial charge < -0.3 is 10.6 Å². The Morgan fingerprint density at radius 3 is 2.45 bits per heavy atom. The van der Waals surface area contributed by atoms with E-state index in [1.165, 1.54) is 0 Å². The molecule has 1 aromatic carbocycles. The molecule has 0 aliphatic carbocycles. The molecule has 2 N–H and O–H groups in total. The summed E-state index contributed by atoms with van der Waals surface area (Å²) in [6, 6.07) is 8.00. The van der Waals surface area contributed by atoms with Gasteiger partial charge in [-0.3, -0.25) is 4.79 Å². The van der Waals surface area contributed by atoms with E-state index in [1.807, 2.05) is 18.2 Å². The lowest BCUT2D eigenvalue weighted by Gasteiger charge is -2.23. The highest BCUT2D eigenvalue weighted by Gasteiger charge is 2.18. The predicted molar refractivity (Wildman–Crippen MR) is 86.1 cm³/mol. The van der Waals surface area contributed by atoms with Crippen molar-refractivity contribution in [2.45, 2.75) is 46.5 Å². The fraction of sp³-hybridized carbons (Fsp3) is 0.588. The maximum atomic E-state index is 12.0. The van der Waals surface area contributed by atoms with Gasteiger partial charge in [-0.2, -0.15) is 0 Å². The summed E-state index contributed by atoms with van der Waals surface area (Å²) in [5, 5.41) is 6.19. The van der Waals surface area contributed by atoms with Gasteiger partial charge in [0.2, 0.25) is 5.91 Å². The molecule has 3 nitrogen and oxygen atoms in total. The van der Waals surface area contributed by atoms with E-state index in [4.69, 9.17) is 0 Å². The van der Waals surface area contributed by atoms with Gasteiger partial charge >= 0.3 is 0 Å². The number of amides is 1. The van der Waals surface area contributed by atoms with Gasteiger partial charge in [-0.1, -0.05) is 52.8 Å². The van der Waals surface area contributed by atoms with Crippen LogP contribution in [-0.4, -0.2) is 19.0 Å². The maximum absolute atomic E-state index is 12.0. The Kier molecular flexibility index (Phi) is 6.21. The second kappa shape index (κ2) is 7.44. The third-order valence-electron chi connectivity index (χ3n) is 3.19. The van der Waals surface area contributed by atoms with Crippen LogP contribution in [0.2, 0.25) is 0 Å². The topological polar surface area (TPSA) is 41.1 Å². The number of para-hydroxylation sites is 1. The van der Waals surface area contributed by atoms with Crippen LogP contribution in [0.3, 0.4) is 0 Å². The van der Waals surface area contributed by atoms with E-state index in [9.17, 15) is 4.79 Å². The molecular weight excluding hydrogens is 248 g/mol. The van der Waals surface area contributed by atoms with Crippen LogP contribution >= 0.6 is 0 Å². The average Bonchev–Trinajstić information content (AvgIpc) is 2.34. The largest absolute Gasteiger partial charge is 0.325 e. The molecule has 0 aliphatic rings. The second-order valence-corrected chi connectivity index (χ2v) is 6.70. The molecule has 1 aromatic rings. The smallest absolute Gasteiger partial charge is 0.238 e.